The third-order valence-electron chi connectivity index (χ3n) is 4.27. The van der Waals surface area contributed by atoms with Crippen LogP contribution in [0, 0.1) is 0 Å². The molecule has 21 heavy (non-hydrogen) atoms. The number of amides is 1. The molecule has 1 aromatic heterocycles. The first kappa shape index (κ1) is 14.2. The van der Waals surface area contributed by atoms with E-state index in [0.29, 0.717) is 11.6 Å². The summed E-state index contributed by atoms with van der Waals surface area (Å²) in [5.74, 6) is 0.421. The van der Waals surface area contributed by atoms with Crippen molar-refractivity contribution in [3.63, 3.8) is 0 Å². The molecule has 0 radical (unpaired) electrons. The van der Waals surface area contributed by atoms with Gasteiger partial charge in [-0.2, -0.15) is 0 Å². The number of carbonyl (C=O) groups excluding carboxylic acids is 1. The predicted octanol–water partition coefficient (Wildman–Crippen LogP) is 3.34. The number of rotatable bonds is 4. The molecule has 1 aliphatic heterocycles. The van der Waals surface area contributed by atoms with Gasteiger partial charge in [0.1, 0.15) is 0 Å². The number of likely N-dealkylation sites (tertiary alicyclic amines) is 1. The van der Waals surface area contributed by atoms with Crippen LogP contribution >= 0.6 is 11.5 Å². The van der Waals surface area contributed by atoms with E-state index in [1.165, 1.54) is 17.1 Å². The molecule has 1 saturated heterocycles. The lowest BCUT2D eigenvalue weighted by atomic mass is 9.87. The van der Waals surface area contributed by atoms with E-state index >= 15 is 0 Å². The van der Waals surface area contributed by atoms with E-state index in [-0.39, 0.29) is 11.9 Å². The highest BCUT2D eigenvalue weighted by Gasteiger charge is 2.35. The fourth-order valence-corrected chi connectivity index (χ4v) is 3.73. The van der Waals surface area contributed by atoms with Crippen molar-refractivity contribution < 1.29 is 4.79 Å². The van der Waals surface area contributed by atoms with E-state index in [4.69, 9.17) is 0 Å². The van der Waals surface area contributed by atoms with Crippen LogP contribution in [0.4, 0.5) is 0 Å². The van der Waals surface area contributed by atoms with E-state index in [1.54, 1.807) is 5.38 Å². The van der Waals surface area contributed by atoms with Crippen molar-refractivity contribution in [1.82, 2.24) is 14.5 Å². The molecule has 2 heterocycles. The first-order valence-corrected chi connectivity index (χ1v) is 8.28. The van der Waals surface area contributed by atoms with Crippen molar-refractivity contribution >= 4 is 17.4 Å². The van der Waals surface area contributed by atoms with Crippen molar-refractivity contribution in [1.29, 1.82) is 0 Å². The summed E-state index contributed by atoms with van der Waals surface area (Å²) in [6, 6.07) is 10.8. The Balaban J connectivity index is 1.84. The number of nitrogens with zero attached hydrogens (tertiary/aromatic N) is 3. The highest BCUT2D eigenvalue weighted by atomic mass is 32.1. The molecule has 110 valence electrons. The highest BCUT2D eigenvalue weighted by Crippen LogP contribution is 2.34. The Labute approximate surface area is 129 Å². The number of carbonyl (C=O) groups is 1. The topological polar surface area (TPSA) is 46.1 Å². The van der Waals surface area contributed by atoms with Crippen molar-refractivity contribution in [2.75, 3.05) is 6.54 Å². The minimum atomic E-state index is 0.0284. The summed E-state index contributed by atoms with van der Waals surface area (Å²) < 4.78 is 3.81. The Morgan fingerprint density at radius 1 is 1.43 bits per heavy atom. The largest absolute Gasteiger partial charge is 0.334 e. The molecule has 0 unspecified atom stereocenters. The zero-order valence-electron chi connectivity index (χ0n) is 12.1. The number of hydrogen-bond donors (Lipinski definition) is 0. The van der Waals surface area contributed by atoms with Crippen LogP contribution in [0.25, 0.3) is 0 Å². The molecule has 0 spiro atoms. The van der Waals surface area contributed by atoms with Gasteiger partial charge >= 0.3 is 0 Å². The zero-order valence-corrected chi connectivity index (χ0v) is 12.9. The Morgan fingerprint density at radius 2 is 2.24 bits per heavy atom. The molecule has 1 fully saturated rings. The molecule has 4 nitrogen and oxygen atoms in total. The van der Waals surface area contributed by atoms with Gasteiger partial charge in [-0.05, 0) is 36.4 Å². The predicted molar refractivity (Wildman–Crippen MR) is 83.4 cm³/mol. The molecular weight excluding hydrogens is 282 g/mol. The van der Waals surface area contributed by atoms with Gasteiger partial charge in [0.05, 0.1) is 0 Å². The third-order valence-corrected chi connectivity index (χ3v) is 4.78. The molecule has 1 amide bonds. The van der Waals surface area contributed by atoms with Crippen LogP contribution in [0.1, 0.15) is 48.2 Å². The number of hydrogen-bond acceptors (Lipinski definition) is 4. The van der Waals surface area contributed by atoms with Gasteiger partial charge in [-0.3, -0.25) is 4.79 Å². The summed E-state index contributed by atoms with van der Waals surface area (Å²) in [6.45, 7) is 3.02. The molecule has 0 bridgehead atoms. The Morgan fingerprint density at radius 3 is 2.90 bits per heavy atom. The summed E-state index contributed by atoms with van der Waals surface area (Å²) in [5.41, 5.74) is 1.80. The average molecular weight is 301 g/mol. The molecule has 0 saturated carbocycles. The standard InChI is InChI=1S/C16H19N3OS/c1-2-13(12-7-4-3-5-8-12)15-9-6-10-19(15)16(20)14-11-21-18-17-14/h3-5,7-8,11,13,15H,2,6,9-10H2,1H3/t13-,15+/m0/s1. The second kappa shape index (κ2) is 6.35. The summed E-state index contributed by atoms with van der Waals surface area (Å²) in [6.07, 6.45) is 3.17. The van der Waals surface area contributed by atoms with Gasteiger partial charge < -0.3 is 4.90 Å². The molecule has 1 aliphatic rings. The van der Waals surface area contributed by atoms with Crippen LogP contribution < -0.4 is 0 Å². The van der Waals surface area contributed by atoms with Crippen LogP contribution in [0.3, 0.4) is 0 Å². The normalized spacial score (nSPS) is 19.7. The van der Waals surface area contributed by atoms with Gasteiger partial charge in [-0.25, -0.2) is 0 Å². The highest BCUT2D eigenvalue weighted by molar-refractivity contribution is 7.03. The molecule has 0 aliphatic carbocycles. The molecule has 2 atom stereocenters. The fourth-order valence-electron chi connectivity index (χ4n) is 3.30. The maximum absolute atomic E-state index is 12.6. The molecule has 1 aromatic carbocycles. The lowest BCUT2D eigenvalue weighted by Crippen LogP contribution is -2.39. The molecule has 2 aromatic rings. The lowest BCUT2D eigenvalue weighted by Gasteiger charge is -2.31. The van der Waals surface area contributed by atoms with Crippen molar-refractivity contribution in [3.05, 3.63) is 47.0 Å². The molecule has 5 heteroatoms. The maximum Gasteiger partial charge on any atom is 0.275 e. The van der Waals surface area contributed by atoms with Gasteiger partial charge in [-0.1, -0.05) is 41.7 Å². The second-order valence-electron chi connectivity index (χ2n) is 5.42. The molecular formula is C16H19N3OS. The molecule has 0 N–H and O–H groups in total. The van der Waals surface area contributed by atoms with E-state index < -0.39 is 0 Å². The maximum atomic E-state index is 12.6. The van der Waals surface area contributed by atoms with Gasteiger partial charge in [-0.15, -0.1) is 5.10 Å². The van der Waals surface area contributed by atoms with Gasteiger partial charge in [0.15, 0.2) is 5.69 Å². The quantitative estimate of drug-likeness (QED) is 0.870. The van der Waals surface area contributed by atoms with Gasteiger partial charge in [0.2, 0.25) is 0 Å². The number of benzene rings is 1. The third kappa shape index (κ3) is 2.83. The van der Waals surface area contributed by atoms with E-state index in [9.17, 15) is 4.79 Å². The monoisotopic (exact) mass is 301 g/mol. The zero-order chi connectivity index (χ0) is 14.7. The van der Waals surface area contributed by atoms with E-state index in [1.807, 2.05) is 11.0 Å². The summed E-state index contributed by atoms with van der Waals surface area (Å²) in [7, 11) is 0. The Hall–Kier alpha value is -1.75. The van der Waals surface area contributed by atoms with Gasteiger partial charge in [0, 0.05) is 23.9 Å². The van der Waals surface area contributed by atoms with Crippen LogP contribution in [-0.2, 0) is 0 Å². The average Bonchev–Trinajstić information content (AvgIpc) is 3.20. The lowest BCUT2D eigenvalue weighted by molar-refractivity contribution is 0.0708. The fraction of sp³-hybridized carbons (Fsp3) is 0.438. The SMILES string of the molecule is CC[C@@H](c1ccccc1)[C@H]1CCCN1C(=O)c1csnn1. The minimum Gasteiger partial charge on any atom is -0.334 e. The first-order chi connectivity index (χ1) is 10.3. The first-order valence-electron chi connectivity index (χ1n) is 7.44. The van der Waals surface area contributed by atoms with Gasteiger partial charge in [0.25, 0.3) is 5.91 Å². The Kier molecular flexibility index (Phi) is 4.29. The van der Waals surface area contributed by atoms with E-state index in [2.05, 4.69) is 40.8 Å². The smallest absolute Gasteiger partial charge is 0.275 e. The van der Waals surface area contributed by atoms with Crippen LogP contribution in [0.5, 0.6) is 0 Å². The van der Waals surface area contributed by atoms with E-state index in [0.717, 1.165) is 25.8 Å². The molecule has 3 rings (SSSR count). The van der Waals surface area contributed by atoms with Crippen molar-refractivity contribution in [2.24, 2.45) is 0 Å². The second-order valence-corrected chi connectivity index (χ2v) is 6.03. The van der Waals surface area contributed by atoms with Crippen LogP contribution in [0.2, 0.25) is 0 Å². The van der Waals surface area contributed by atoms with Crippen LogP contribution in [-0.4, -0.2) is 33.0 Å². The summed E-state index contributed by atoms with van der Waals surface area (Å²) in [4.78, 5) is 14.6. The Bertz CT molecular complexity index is 585. The minimum absolute atomic E-state index is 0.0284. The van der Waals surface area contributed by atoms with Crippen molar-refractivity contribution in [3.8, 4) is 0 Å². The summed E-state index contributed by atoms with van der Waals surface area (Å²) in [5, 5.41) is 5.67. The summed E-state index contributed by atoms with van der Waals surface area (Å²) >= 11 is 1.23. The number of aromatic nitrogens is 2. The van der Waals surface area contributed by atoms with Crippen molar-refractivity contribution in [2.45, 2.75) is 38.1 Å². The van der Waals surface area contributed by atoms with Crippen LogP contribution in [0.15, 0.2) is 35.7 Å².